The molecule has 0 radical (unpaired) electrons. The zero-order valence-electron chi connectivity index (χ0n) is 17.1. The third kappa shape index (κ3) is 6.68. The summed E-state index contributed by atoms with van der Waals surface area (Å²) in [5.74, 6) is -2.23. The van der Waals surface area contributed by atoms with Crippen LogP contribution in [0, 0.1) is 5.41 Å². The molecule has 1 aliphatic rings. The molecule has 0 saturated carbocycles. The number of carboxylic acid groups (broad SMARTS) is 1. The van der Waals surface area contributed by atoms with E-state index in [9.17, 15) is 24.4 Å². The third-order valence-electron chi connectivity index (χ3n) is 4.54. The molecule has 2 heterocycles. The van der Waals surface area contributed by atoms with Gasteiger partial charge in [-0.15, -0.1) is 0 Å². The minimum atomic E-state index is -4.20. The van der Waals surface area contributed by atoms with Gasteiger partial charge in [0.15, 0.2) is 0 Å². The summed E-state index contributed by atoms with van der Waals surface area (Å²) >= 11 is 0. The van der Waals surface area contributed by atoms with Gasteiger partial charge in [0.05, 0.1) is 0 Å². The fraction of sp³-hybridized carbons (Fsp3) is 0.556. The van der Waals surface area contributed by atoms with Crippen molar-refractivity contribution >= 4 is 25.9 Å². The van der Waals surface area contributed by atoms with E-state index < -0.39 is 43.5 Å². The summed E-state index contributed by atoms with van der Waals surface area (Å²) in [6, 6.07) is 2.17. The van der Waals surface area contributed by atoms with Crippen molar-refractivity contribution in [2.45, 2.75) is 38.8 Å². The van der Waals surface area contributed by atoms with Gasteiger partial charge in [-0.25, -0.2) is 0 Å². The van der Waals surface area contributed by atoms with Crippen LogP contribution in [0.1, 0.15) is 25.8 Å². The Morgan fingerprint density at radius 2 is 2.17 bits per heavy atom. The van der Waals surface area contributed by atoms with Crippen molar-refractivity contribution in [2.75, 3.05) is 20.3 Å². The number of pyridine rings is 1. The molecule has 12 heteroatoms. The number of aromatic nitrogens is 1. The molecule has 2 atom stereocenters. The fourth-order valence-corrected chi connectivity index (χ4v) is 5.05. The van der Waals surface area contributed by atoms with E-state index in [2.05, 4.69) is 20.1 Å². The SMILES string of the molecule is COC(=O)CCNC(=O)[C@@H]1O[PH](O)(N[C@@H](Cc2cccnc2)C(=O)O)OCC1(C)C. The van der Waals surface area contributed by atoms with Crippen LogP contribution in [0.15, 0.2) is 24.5 Å². The molecule has 30 heavy (non-hydrogen) atoms. The molecule has 168 valence electrons. The van der Waals surface area contributed by atoms with Crippen molar-refractivity contribution in [3.05, 3.63) is 30.1 Å². The molecule has 1 aliphatic heterocycles. The maximum absolute atomic E-state index is 12.6. The third-order valence-corrected chi connectivity index (χ3v) is 6.34. The molecule has 0 unspecified atom stereocenters. The van der Waals surface area contributed by atoms with Gasteiger partial charge >= 0.3 is 174 Å². The summed E-state index contributed by atoms with van der Waals surface area (Å²) in [5.41, 5.74) is -0.151. The molecular weight excluding hydrogens is 417 g/mol. The molecule has 1 aromatic rings. The maximum atomic E-state index is 12.6. The van der Waals surface area contributed by atoms with Gasteiger partial charge in [0.1, 0.15) is 0 Å². The number of hydrogen-bond acceptors (Lipinski definition) is 9. The number of hydrogen-bond donors (Lipinski definition) is 4. The number of methoxy groups -OCH3 is 1. The molecule has 0 bridgehead atoms. The average molecular weight is 445 g/mol. The Morgan fingerprint density at radius 3 is 2.77 bits per heavy atom. The molecule has 0 aliphatic carbocycles. The van der Waals surface area contributed by atoms with Gasteiger partial charge in [0.2, 0.25) is 0 Å². The molecule has 4 N–H and O–H groups in total. The first-order valence-electron chi connectivity index (χ1n) is 9.34. The first kappa shape index (κ1) is 24.1. The predicted octanol–water partition coefficient (Wildman–Crippen LogP) is 0.190. The van der Waals surface area contributed by atoms with E-state index in [0.29, 0.717) is 5.56 Å². The van der Waals surface area contributed by atoms with Crippen LogP contribution < -0.4 is 10.4 Å². The van der Waals surface area contributed by atoms with Crippen molar-refractivity contribution in [1.29, 1.82) is 0 Å². The van der Waals surface area contributed by atoms with Crippen LogP contribution in [-0.2, 0) is 34.6 Å². The van der Waals surface area contributed by atoms with Gasteiger partial charge in [-0.2, -0.15) is 0 Å². The predicted molar refractivity (Wildman–Crippen MR) is 107 cm³/mol. The molecule has 11 nitrogen and oxygen atoms in total. The van der Waals surface area contributed by atoms with Gasteiger partial charge in [-0.1, -0.05) is 0 Å². The van der Waals surface area contributed by atoms with E-state index in [-0.39, 0.29) is 26.0 Å². The fourth-order valence-electron chi connectivity index (χ4n) is 2.85. The topological polar surface area (TPSA) is 156 Å². The normalized spacial score (nSPS) is 21.8. The Hall–Kier alpha value is -2.17. The van der Waals surface area contributed by atoms with Gasteiger partial charge in [0.25, 0.3) is 0 Å². The number of amides is 1. The number of ether oxygens (including phenoxy) is 1. The van der Waals surface area contributed by atoms with Crippen molar-refractivity contribution < 1.29 is 38.2 Å². The molecule has 1 amide bonds. The molecule has 0 aromatic carbocycles. The van der Waals surface area contributed by atoms with Crippen LogP contribution in [0.3, 0.4) is 0 Å². The number of nitrogens with zero attached hydrogens (tertiary/aromatic N) is 1. The van der Waals surface area contributed by atoms with Crippen molar-refractivity contribution in [3.63, 3.8) is 0 Å². The summed E-state index contributed by atoms with van der Waals surface area (Å²) in [7, 11) is -2.96. The standard InChI is InChI=1S/C18H28N3O8P/c1-18(2)11-28-30(26,29-15(18)16(23)20-8-6-14(22)27-3)21-13(17(24)25)9-12-5-4-7-19-10-12/h4-5,7,10,13,15,21,26,30H,6,8-9,11H2,1-3H3,(H,20,23)(H,24,25)/t13-,15-/m0/s1. The number of carboxylic acids is 1. The van der Waals surface area contributed by atoms with E-state index in [1.54, 1.807) is 32.2 Å². The first-order valence-corrected chi connectivity index (χ1v) is 11.1. The van der Waals surface area contributed by atoms with Crippen LogP contribution in [-0.4, -0.2) is 65.2 Å². The molecule has 1 fully saturated rings. The number of carbonyl (C=O) groups excluding carboxylic acids is 2. The molecule has 1 saturated heterocycles. The summed E-state index contributed by atoms with van der Waals surface area (Å²) in [6.45, 7) is 3.44. The van der Waals surface area contributed by atoms with Crippen LogP contribution in [0.5, 0.6) is 0 Å². The number of nitrogens with one attached hydrogen (secondary N) is 2. The monoisotopic (exact) mass is 445 g/mol. The van der Waals surface area contributed by atoms with E-state index in [1.807, 2.05) is 0 Å². The Morgan fingerprint density at radius 1 is 1.43 bits per heavy atom. The van der Waals surface area contributed by atoms with Gasteiger partial charge in [-0.3, -0.25) is 0 Å². The average Bonchev–Trinajstić information content (AvgIpc) is 2.70. The Balaban J connectivity index is 2.07. The van der Waals surface area contributed by atoms with Crippen LogP contribution >= 0.6 is 8.09 Å². The quantitative estimate of drug-likeness (QED) is 0.306. The van der Waals surface area contributed by atoms with Crippen molar-refractivity contribution in [3.8, 4) is 0 Å². The second-order valence-corrected chi connectivity index (χ2v) is 9.55. The summed E-state index contributed by atoms with van der Waals surface area (Å²) in [4.78, 5) is 50.3. The van der Waals surface area contributed by atoms with E-state index in [4.69, 9.17) is 9.05 Å². The minimum absolute atomic E-state index is 0.0158. The molecule has 2 rings (SSSR count). The summed E-state index contributed by atoms with van der Waals surface area (Å²) in [6.07, 6.45) is 1.99. The summed E-state index contributed by atoms with van der Waals surface area (Å²) in [5, 5.41) is 14.7. The molecule has 1 aromatic heterocycles. The Kier molecular flexibility index (Phi) is 8.22. The number of aliphatic carboxylic acids is 1. The Labute approximate surface area is 174 Å². The zero-order chi connectivity index (χ0) is 22.4. The zero-order valence-corrected chi connectivity index (χ0v) is 18.1. The van der Waals surface area contributed by atoms with Crippen LogP contribution in [0.25, 0.3) is 0 Å². The van der Waals surface area contributed by atoms with Crippen molar-refractivity contribution in [1.82, 2.24) is 15.4 Å². The van der Waals surface area contributed by atoms with Crippen LogP contribution in [0.4, 0.5) is 0 Å². The molecule has 0 spiro atoms. The van der Waals surface area contributed by atoms with Crippen molar-refractivity contribution in [2.24, 2.45) is 5.41 Å². The van der Waals surface area contributed by atoms with E-state index >= 15 is 0 Å². The van der Waals surface area contributed by atoms with E-state index in [1.165, 1.54) is 13.3 Å². The first-order chi connectivity index (χ1) is 14.1. The number of esters is 1. The number of carbonyl (C=O) groups is 3. The number of rotatable bonds is 9. The van der Waals surface area contributed by atoms with E-state index in [0.717, 1.165) is 0 Å². The van der Waals surface area contributed by atoms with Gasteiger partial charge in [0, 0.05) is 0 Å². The van der Waals surface area contributed by atoms with Crippen LogP contribution in [0.2, 0.25) is 0 Å². The summed E-state index contributed by atoms with van der Waals surface area (Å²) < 4.78 is 15.6. The van der Waals surface area contributed by atoms with Gasteiger partial charge < -0.3 is 0 Å². The second kappa shape index (κ2) is 10.2. The Bertz CT molecular complexity index is 763. The molecular formula is C18H28N3O8P. The van der Waals surface area contributed by atoms with Gasteiger partial charge in [-0.05, 0) is 0 Å². The second-order valence-electron chi connectivity index (χ2n) is 7.57.